The van der Waals surface area contributed by atoms with E-state index in [1.54, 1.807) is 17.5 Å². The second-order valence-corrected chi connectivity index (χ2v) is 8.71. The Hall–Kier alpha value is -3.51. The average Bonchev–Trinajstić information content (AvgIpc) is 3.08. The van der Waals surface area contributed by atoms with Crippen LogP contribution in [0.4, 0.5) is 20.3 Å². The Balaban J connectivity index is 1.86. The fraction of sp³-hybridized carbons (Fsp3) is 0.105. The maximum absolute atomic E-state index is 14.8. The van der Waals surface area contributed by atoms with Crippen LogP contribution in [0.25, 0.3) is 16.8 Å². The number of nitrogen functional groups attached to an aromatic ring is 1. The summed E-state index contributed by atoms with van der Waals surface area (Å²) in [4.78, 5) is 11.7. The van der Waals surface area contributed by atoms with E-state index in [4.69, 9.17) is 22.1 Å². The van der Waals surface area contributed by atoms with Gasteiger partial charge in [0.25, 0.3) is 10.0 Å². The van der Waals surface area contributed by atoms with Gasteiger partial charge < -0.3 is 10.5 Å². The van der Waals surface area contributed by atoms with Crippen LogP contribution in [0, 0.1) is 18.6 Å². The fourth-order valence-electron chi connectivity index (χ4n) is 3.19. The van der Waals surface area contributed by atoms with Gasteiger partial charge in [0, 0.05) is 30.2 Å². The van der Waals surface area contributed by atoms with Crippen molar-refractivity contribution in [2.24, 2.45) is 0 Å². The molecule has 0 fully saturated rings. The second-order valence-electron chi connectivity index (χ2n) is 6.62. The standard InChI is InChI=1S/C19H15ClF2N6O3S/c1-9-26-16(17-18(23)24-3-4-28(9)17)12-6-11(7-13(21)15(12)22)27-32(29,30)14-5-10(20)8-25-19(14)31-2/h3-8,27H,1-2H3,(H2,23,24). The van der Waals surface area contributed by atoms with Gasteiger partial charge in [0.15, 0.2) is 16.5 Å². The van der Waals surface area contributed by atoms with E-state index < -0.39 is 21.7 Å². The molecule has 0 radical (unpaired) electrons. The lowest BCUT2D eigenvalue weighted by Crippen LogP contribution is -2.15. The lowest BCUT2D eigenvalue weighted by atomic mass is 10.1. The van der Waals surface area contributed by atoms with E-state index in [0.29, 0.717) is 11.9 Å². The molecular formula is C19H15ClF2N6O3S. The summed E-state index contributed by atoms with van der Waals surface area (Å²) in [5.74, 6) is -2.25. The number of aryl methyl sites for hydroxylation is 1. The van der Waals surface area contributed by atoms with Gasteiger partial charge in [-0.1, -0.05) is 11.6 Å². The molecule has 0 unspecified atom stereocenters. The van der Waals surface area contributed by atoms with Crippen LogP contribution < -0.4 is 15.2 Å². The summed E-state index contributed by atoms with van der Waals surface area (Å²) in [6, 6.07) is 2.93. The number of nitrogens with two attached hydrogens (primary N) is 1. The van der Waals surface area contributed by atoms with Crippen LogP contribution in [0.3, 0.4) is 0 Å². The van der Waals surface area contributed by atoms with Crippen LogP contribution in [-0.4, -0.2) is 34.9 Å². The predicted octanol–water partition coefficient (Wildman–Crippen LogP) is 3.42. The number of anilines is 2. The molecule has 0 atom stereocenters. The van der Waals surface area contributed by atoms with Crippen LogP contribution in [0.5, 0.6) is 5.88 Å². The fourth-order valence-corrected chi connectivity index (χ4v) is 4.59. The van der Waals surface area contributed by atoms with Crippen molar-refractivity contribution in [3.05, 3.63) is 59.3 Å². The van der Waals surface area contributed by atoms with Crippen LogP contribution >= 0.6 is 11.6 Å². The van der Waals surface area contributed by atoms with E-state index in [1.807, 2.05) is 0 Å². The number of aromatic nitrogens is 4. The number of nitrogens with one attached hydrogen (secondary N) is 1. The summed E-state index contributed by atoms with van der Waals surface area (Å²) in [5.41, 5.74) is 5.62. The molecule has 32 heavy (non-hydrogen) atoms. The van der Waals surface area contributed by atoms with Gasteiger partial charge in [0.2, 0.25) is 5.88 Å². The number of sulfonamides is 1. The first-order valence-electron chi connectivity index (χ1n) is 8.93. The number of nitrogens with zero attached hydrogens (tertiary/aromatic N) is 4. The highest BCUT2D eigenvalue weighted by molar-refractivity contribution is 7.92. The van der Waals surface area contributed by atoms with Gasteiger partial charge in [-0.3, -0.25) is 9.12 Å². The molecule has 3 aromatic heterocycles. The number of rotatable bonds is 5. The Morgan fingerprint density at radius 1 is 1.22 bits per heavy atom. The van der Waals surface area contributed by atoms with Crippen molar-refractivity contribution in [2.75, 3.05) is 17.6 Å². The summed E-state index contributed by atoms with van der Waals surface area (Å²) in [7, 11) is -3.09. The normalized spacial score (nSPS) is 11.7. The predicted molar refractivity (Wildman–Crippen MR) is 114 cm³/mol. The molecule has 4 rings (SSSR count). The highest BCUT2D eigenvalue weighted by Gasteiger charge is 2.25. The Kier molecular flexibility index (Phi) is 5.34. The molecule has 1 aromatic carbocycles. The van der Waals surface area contributed by atoms with Crippen molar-refractivity contribution in [2.45, 2.75) is 11.8 Å². The summed E-state index contributed by atoms with van der Waals surface area (Å²) >= 11 is 5.86. The van der Waals surface area contributed by atoms with Gasteiger partial charge in [0.1, 0.15) is 22.9 Å². The first-order valence-corrected chi connectivity index (χ1v) is 10.8. The monoisotopic (exact) mass is 480 g/mol. The number of fused-ring (bicyclic) bond motifs is 1. The SMILES string of the molecule is COc1ncc(Cl)cc1S(=O)(=O)Nc1cc(F)c(F)c(-c2nc(C)n3ccnc(N)c23)c1. The molecular weight excluding hydrogens is 466 g/mol. The largest absolute Gasteiger partial charge is 0.480 e. The third-order valence-corrected chi connectivity index (χ3v) is 6.15. The zero-order valence-electron chi connectivity index (χ0n) is 16.6. The minimum atomic E-state index is -4.33. The van der Waals surface area contributed by atoms with Gasteiger partial charge in [-0.15, -0.1) is 0 Å². The van der Waals surface area contributed by atoms with Crippen molar-refractivity contribution in [1.29, 1.82) is 0 Å². The number of hydrogen-bond donors (Lipinski definition) is 2. The van der Waals surface area contributed by atoms with Crippen molar-refractivity contribution >= 4 is 38.6 Å². The highest BCUT2D eigenvalue weighted by Crippen LogP contribution is 2.34. The quantitative estimate of drug-likeness (QED) is 0.448. The topological polar surface area (TPSA) is 124 Å². The zero-order chi connectivity index (χ0) is 23.2. The molecule has 0 spiro atoms. The smallest absolute Gasteiger partial charge is 0.267 e. The summed E-state index contributed by atoms with van der Waals surface area (Å²) in [6.07, 6.45) is 4.21. The lowest BCUT2D eigenvalue weighted by molar-refractivity contribution is 0.385. The Bertz CT molecular complexity index is 1480. The molecule has 0 aliphatic heterocycles. The summed E-state index contributed by atoms with van der Waals surface area (Å²) in [6.45, 7) is 1.65. The van der Waals surface area contributed by atoms with E-state index >= 15 is 0 Å². The molecule has 3 N–H and O–H groups in total. The molecule has 4 aromatic rings. The number of pyridine rings is 1. The molecule has 0 saturated carbocycles. The number of halogens is 3. The van der Waals surface area contributed by atoms with Crippen LogP contribution in [-0.2, 0) is 10.0 Å². The third kappa shape index (κ3) is 3.67. The summed E-state index contributed by atoms with van der Waals surface area (Å²) < 4.78 is 63.7. The van der Waals surface area contributed by atoms with Crippen LogP contribution in [0.2, 0.25) is 5.02 Å². The molecule has 0 saturated heterocycles. The van der Waals surface area contributed by atoms with E-state index in [1.165, 1.54) is 19.5 Å². The van der Waals surface area contributed by atoms with Gasteiger partial charge in [-0.2, -0.15) is 0 Å². The molecule has 3 heterocycles. The number of imidazole rings is 1. The van der Waals surface area contributed by atoms with Crippen molar-refractivity contribution in [3.8, 4) is 17.1 Å². The Morgan fingerprint density at radius 3 is 2.69 bits per heavy atom. The molecule has 0 aliphatic rings. The van der Waals surface area contributed by atoms with Gasteiger partial charge in [0.05, 0.1) is 17.8 Å². The maximum atomic E-state index is 14.8. The summed E-state index contributed by atoms with van der Waals surface area (Å²) in [5, 5.41) is 0.0417. The lowest BCUT2D eigenvalue weighted by Gasteiger charge is -2.13. The third-order valence-electron chi connectivity index (χ3n) is 4.56. The maximum Gasteiger partial charge on any atom is 0.267 e. The molecule has 0 amide bonds. The number of ether oxygens (including phenoxy) is 1. The van der Waals surface area contributed by atoms with E-state index in [0.717, 1.165) is 12.1 Å². The number of hydrogen-bond acceptors (Lipinski definition) is 7. The average molecular weight is 481 g/mol. The number of methoxy groups -OCH3 is 1. The molecule has 0 aliphatic carbocycles. The first-order chi connectivity index (χ1) is 15.1. The van der Waals surface area contributed by atoms with Crippen molar-refractivity contribution in [1.82, 2.24) is 19.4 Å². The minimum absolute atomic E-state index is 0.00699. The van der Waals surface area contributed by atoms with Crippen molar-refractivity contribution < 1.29 is 21.9 Å². The van der Waals surface area contributed by atoms with Crippen LogP contribution in [0.15, 0.2) is 41.7 Å². The highest BCUT2D eigenvalue weighted by atomic mass is 35.5. The molecule has 9 nitrogen and oxygen atoms in total. The molecule has 166 valence electrons. The van der Waals surface area contributed by atoms with Crippen molar-refractivity contribution in [3.63, 3.8) is 0 Å². The van der Waals surface area contributed by atoms with Gasteiger partial charge in [-0.05, 0) is 19.1 Å². The second kappa shape index (κ2) is 7.88. The Morgan fingerprint density at radius 2 is 1.97 bits per heavy atom. The van der Waals surface area contributed by atoms with Gasteiger partial charge >= 0.3 is 0 Å². The Labute approximate surface area is 185 Å². The van der Waals surface area contributed by atoms with Gasteiger partial charge in [-0.25, -0.2) is 32.2 Å². The number of benzene rings is 1. The van der Waals surface area contributed by atoms with E-state index in [2.05, 4.69) is 19.7 Å². The first kappa shape index (κ1) is 21.7. The van der Waals surface area contributed by atoms with E-state index in [9.17, 15) is 17.2 Å². The molecule has 13 heteroatoms. The van der Waals surface area contributed by atoms with Crippen LogP contribution in [0.1, 0.15) is 5.82 Å². The molecule has 0 bridgehead atoms. The van der Waals surface area contributed by atoms with E-state index in [-0.39, 0.29) is 44.1 Å². The minimum Gasteiger partial charge on any atom is -0.480 e. The zero-order valence-corrected chi connectivity index (χ0v) is 18.2.